The van der Waals surface area contributed by atoms with Gasteiger partial charge in [-0.1, -0.05) is 24.8 Å². The van der Waals surface area contributed by atoms with Gasteiger partial charge < -0.3 is 20.7 Å². The van der Waals surface area contributed by atoms with Gasteiger partial charge in [0.15, 0.2) is 0 Å². The Bertz CT molecular complexity index is 1660. The van der Waals surface area contributed by atoms with Gasteiger partial charge in [0, 0.05) is 18.3 Å². The molecule has 0 spiro atoms. The van der Waals surface area contributed by atoms with Gasteiger partial charge in [-0.05, 0) is 80.6 Å². The van der Waals surface area contributed by atoms with Crippen LogP contribution >= 0.6 is 11.3 Å². The van der Waals surface area contributed by atoms with Crippen molar-refractivity contribution >= 4 is 56.5 Å². The van der Waals surface area contributed by atoms with Crippen molar-refractivity contribution < 1.29 is 19.1 Å². The van der Waals surface area contributed by atoms with Crippen molar-refractivity contribution in [1.82, 2.24) is 15.6 Å². The zero-order valence-electron chi connectivity index (χ0n) is 22.5. The van der Waals surface area contributed by atoms with Crippen LogP contribution in [-0.2, 0) is 4.79 Å². The minimum absolute atomic E-state index is 0.0146. The standard InChI is InChI=1S/C31H29N5O4S/c1-3-25(37)33-19-9-11-20(12-10-19)34-29(38)28-27-26-24(15-16-32-30(26)41-28)36(31(39)35-27)23-14-13-22(17-18(23)2)40-21-7-5-4-6-8-21/h3-8,13-17,19-20H,1,9-12H2,2H3,(H,33,37)(H,34,38)(H,35,39). The summed E-state index contributed by atoms with van der Waals surface area (Å²) in [4.78, 5) is 45.8. The van der Waals surface area contributed by atoms with E-state index in [1.54, 1.807) is 17.2 Å². The first-order valence-electron chi connectivity index (χ1n) is 13.5. The van der Waals surface area contributed by atoms with E-state index in [1.807, 2.05) is 55.5 Å². The number of nitrogens with one attached hydrogen (secondary N) is 3. The number of aryl methyl sites for hydroxylation is 1. The van der Waals surface area contributed by atoms with Gasteiger partial charge in [-0.15, -0.1) is 11.3 Å². The third-order valence-corrected chi connectivity index (χ3v) is 8.53. The molecule has 1 saturated carbocycles. The second kappa shape index (κ2) is 11.1. The van der Waals surface area contributed by atoms with Gasteiger partial charge in [0.2, 0.25) is 5.91 Å². The van der Waals surface area contributed by atoms with Gasteiger partial charge in [-0.2, -0.15) is 0 Å². The number of carbonyl (C=O) groups is 3. The Labute approximate surface area is 241 Å². The highest BCUT2D eigenvalue weighted by Crippen LogP contribution is 2.46. The van der Waals surface area contributed by atoms with Crippen LogP contribution in [-0.4, -0.2) is 34.9 Å². The number of urea groups is 1. The summed E-state index contributed by atoms with van der Waals surface area (Å²) in [6, 6.07) is 16.6. The van der Waals surface area contributed by atoms with Crippen LogP contribution in [0, 0.1) is 6.92 Å². The van der Waals surface area contributed by atoms with E-state index in [9.17, 15) is 14.4 Å². The van der Waals surface area contributed by atoms with E-state index in [0.29, 0.717) is 32.5 Å². The Morgan fingerprint density at radius 1 is 1.02 bits per heavy atom. The molecule has 4 aromatic rings. The Balaban J connectivity index is 1.24. The number of para-hydroxylation sites is 1. The number of ether oxygens (including phenoxy) is 1. The molecule has 4 amide bonds. The van der Waals surface area contributed by atoms with Gasteiger partial charge in [0.05, 0.1) is 22.4 Å². The van der Waals surface area contributed by atoms with Crippen molar-refractivity contribution in [3.8, 4) is 11.5 Å². The third-order valence-electron chi connectivity index (χ3n) is 7.43. The highest BCUT2D eigenvalue weighted by Gasteiger charge is 2.34. The highest BCUT2D eigenvalue weighted by molar-refractivity contribution is 7.21. The van der Waals surface area contributed by atoms with Gasteiger partial charge in [0.1, 0.15) is 21.2 Å². The van der Waals surface area contributed by atoms with Crippen molar-refractivity contribution in [3.63, 3.8) is 0 Å². The molecule has 3 heterocycles. The number of amides is 4. The topological polar surface area (TPSA) is 113 Å². The Morgan fingerprint density at radius 2 is 1.76 bits per heavy atom. The maximum atomic E-state index is 13.5. The van der Waals surface area contributed by atoms with E-state index < -0.39 is 0 Å². The minimum Gasteiger partial charge on any atom is -0.457 e. The maximum Gasteiger partial charge on any atom is 0.331 e. The van der Waals surface area contributed by atoms with Crippen molar-refractivity contribution in [1.29, 1.82) is 0 Å². The fraction of sp³-hybridized carbons (Fsp3) is 0.226. The summed E-state index contributed by atoms with van der Waals surface area (Å²) in [5, 5.41) is 9.76. The summed E-state index contributed by atoms with van der Waals surface area (Å²) in [7, 11) is 0. The fourth-order valence-electron chi connectivity index (χ4n) is 5.44. The molecule has 0 radical (unpaired) electrons. The summed E-state index contributed by atoms with van der Waals surface area (Å²) in [6.07, 6.45) is 5.98. The van der Waals surface area contributed by atoms with Gasteiger partial charge in [-0.25, -0.2) is 9.78 Å². The molecular formula is C31H29N5O4S. The lowest BCUT2D eigenvalue weighted by Crippen LogP contribution is -2.43. The van der Waals surface area contributed by atoms with Gasteiger partial charge in [-0.3, -0.25) is 14.5 Å². The summed E-state index contributed by atoms with van der Waals surface area (Å²) in [5.74, 6) is 0.982. The number of carbonyl (C=O) groups excluding carboxylic acids is 3. The Hall–Kier alpha value is -4.70. The Kier molecular flexibility index (Phi) is 7.15. The minimum atomic E-state index is -0.351. The van der Waals surface area contributed by atoms with Gasteiger partial charge in [0.25, 0.3) is 5.91 Å². The number of hydrogen-bond acceptors (Lipinski definition) is 6. The van der Waals surface area contributed by atoms with E-state index in [1.165, 1.54) is 17.4 Å². The maximum absolute atomic E-state index is 13.5. The lowest BCUT2D eigenvalue weighted by atomic mass is 9.91. The summed E-state index contributed by atoms with van der Waals surface area (Å²) >= 11 is 1.27. The number of hydrogen-bond donors (Lipinski definition) is 3. The third kappa shape index (κ3) is 5.26. The number of rotatable bonds is 7. The van der Waals surface area contributed by atoms with E-state index in [0.717, 1.165) is 42.4 Å². The average Bonchev–Trinajstić information content (AvgIpc) is 3.35. The molecule has 10 heteroatoms. The molecule has 41 heavy (non-hydrogen) atoms. The van der Waals surface area contributed by atoms with Gasteiger partial charge >= 0.3 is 6.03 Å². The highest BCUT2D eigenvalue weighted by atomic mass is 32.1. The second-order valence-corrected chi connectivity index (χ2v) is 11.2. The fourth-order valence-corrected chi connectivity index (χ4v) is 6.47. The summed E-state index contributed by atoms with van der Waals surface area (Å²) in [6.45, 7) is 5.43. The zero-order chi connectivity index (χ0) is 28.5. The largest absolute Gasteiger partial charge is 0.457 e. The number of anilines is 3. The molecule has 1 aliphatic carbocycles. The van der Waals surface area contributed by atoms with E-state index in [2.05, 4.69) is 27.5 Å². The number of pyridine rings is 1. The van der Waals surface area contributed by atoms with Crippen molar-refractivity contribution in [2.45, 2.75) is 44.7 Å². The predicted molar refractivity (Wildman–Crippen MR) is 160 cm³/mol. The van der Waals surface area contributed by atoms with Crippen LogP contribution in [0.25, 0.3) is 10.2 Å². The molecule has 1 fully saturated rings. The predicted octanol–water partition coefficient (Wildman–Crippen LogP) is 6.42. The van der Waals surface area contributed by atoms with Crippen LogP contribution in [0.2, 0.25) is 0 Å². The van der Waals surface area contributed by atoms with Crippen LogP contribution in [0.5, 0.6) is 11.5 Å². The zero-order valence-corrected chi connectivity index (χ0v) is 23.3. The molecule has 0 atom stereocenters. The molecule has 2 aromatic heterocycles. The summed E-state index contributed by atoms with van der Waals surface area (Å²) < 4.78 is 5.97. The number of nitrogens with zero attached hydrogens (tertiary/aromatic N) is 2. The first-order valence-corrected chi connectivity index (χ1v) is 14.3. The quantitative estimate of drug-likeness (QED) is 0.223. The lowest BCUT2D eigenvalue weighted by molar-refractivity contribution is -0.117. The molecule has 2 aromatic carbocycles. The molecule has 0 saturated heterocycles. The number of thiophene rings is 1. The molecule has 0 unspecified atom stereocenters. The number of aromatic nitrogens is 1. The SMILES string of the molecule is C=CC(=O)NC1CCC(NC(=O)c2sc3nccc4c3c2NC(=O)N4c2ccc(Oc3ccccc3)cc2C)CC1. The van der Waals surface area contributed by atoms with Crippen LogP contribution in [0.1, 0.15) is 40.9 Å². The molecule has 0 bridgehead atoms. The van der Waals surface area contributed by atoms with Crippen LogP contribution in [0.3, 0.4) is 0 Å². The normalized spacial score (nSPS) is 18.0. The monoisotopic (exact) mass is 567 g/mol. The first kappa shape index (κ1) is 26.5. The van der Waals surface area contributed by atoms with Crippen LogP contribution in [0.4, 0.5) is 21.9 Å². The molecular weight excluding hydrogens is 538 g/mol. The van der Waals surface area contributed by atoms with E-state index in [-0.39, 0.29) is 29.9 Å². The van der Waals surface area contributed by atoms with E-state index in [4.69, 9.17) is 4.74 Å². The molecule has 9 nitrogen and oxygen atoms in total. The first-order chi connectivity index (χ1) is 19.9. The second-order valence-electron chi connectivity index (χ2n) is 10.2. The molecule has 1 aliphatic heterocycles. The van der Waals surface area contributed by atoms with Crippen molar-refractivity contribution in [3.05, 3.63) is 83.9 Å². The average molecular weight is 568 g/mol. The number of benzene rings is 2. The molecule has 208 valence electrons. The molecule has 2 aliphatic rings. The van der Waals surface area contributed by atoms with Crippen molar-refractivity contribution in [2.24, 2.45) is 0 Å². The Morgan fingerprint density at radius 3 is 2.46 bits per heavy atom. The lowest BCUT2D eigenvalue weighted by Gasteiger charge is -2.30. The van der Waals surface area contributed by atoms with Crippen LogP contribution < -0.4 is 25.6 Å². The van der Waals surface area contributed by atoms with Crippen molar-refractivity contribution in [2.75, 3.05) is 10.2 Å². The molecule has 3 N–H and O–H groups in total. The summed E-state index contributed by atoms with van der Waals surface area (Å²) in [5.41, 5.74) is 2.72. The van der Waals surface area contributed by atoms with Crippen LogP contribution in [0.15, 0.2) is 73.4 Å². The smallest absolute Gasteiger partial charge is 0.331 e. The molecule has 6 rings (SSSR count). The van der Waals surface area contributed by atoms with E-state index >= 15 is 0 Å².